The SMILES string of the molecule is Cn1ncc(C2=NN=C(SCC(=O)O)C2)c1-c1ccccc1. The van der Waals surface area contributed by atoms with Crippen LogP contribution in [0.3, 0.4) is 0 Å². The number of aryl methyl sites for hydroxylation is 1. The lowest BCUT2D eigenvalue weighted by Gasteiger charge is -2.06. The highest BCUT2D eigenvalue weighted by Gasteiger charge is 2.21. The van der Waals surface area contributed by atoms with Gasteiger partial charge in [-0.1, -0.05) is 42.1 Å². The molecule has 7 heteroatoms. The molecule has 1 aliphatic heterocycles. The molecule has 0 aliphatic carbocycles. The minimum Gasteiger partial charge on any atom is -0.481 e. The van der Waals surface area contributed by atoms with E-state index in [1.54, 1.807) is 6.20 Å². The van der Waals surface area contributed by atoms with E-state index in [0.717, 1.165) is 27.6 Å². The van der Waals surface area contributed by atoms with Gasteiger partial charge in [0.25, 0.3) is 0 Å². The molecule has 22 heavy (non-hydrogen) atoms. The van der Waals surface area contributed by atoms with Crippen LogP contribution in [0, 0.1) is 0 Å². The van der Waals surface area contributed by atoms with Gasteiger partial charge in [-0.3, -0.25) is 9.48 Å². The highest BCUT2D eigenvalue weighted by atomic mass is 32.2. The Labute approximate surface area is 131 Å². The Hall–Kier alpha value is -2.41. The van der Waals surface area contributed by atoms with E-state index < -0.39 is 5.97 Å². The van der Waals surface area contributed by atoms with Crippen molar-refractivity contribution in [1.82, 2.24) is 9.78 Å². The van der Waals surface area contributed by atoms with Crippen molar-refractivity contribution in [3.8, 4) is 11.3 Å². The molecular weight excluding hydrogens is 300 g/mol. The highest BCUT2D eigenvalue weighted by molar-refractivity contribution is 8.14. The molecule has 6 nitrogen and oxygen atoms in total. The average Bonchev–Trinajstić information content (AvgIpc) is 3.12. The summed E-state index contributed by atoms with van der Waals surface area (Å²) in [6, 6.07) is 9.98. The Balaban J connectivity index is 1.82. The summed E-state index contributed by atoms with van der Waals surface area (Å²) in [6.45, 7) is 0. The molecule has 3 rings (SSSR count). The summed E-state index contributed by atoms with van der Waals surface area (Å²) >= 11 is 1.21. The number of nitrogens with zero attached hydrogens (tertiary/aromatic N) is 4. The minimum atomic E-state index is -0.854. The smallest absolute Gasteiger partial charge is 0.313 e. The van der Waals surface area contributed by atoms with Crippen LogP contribution in [0.2, 0.25) is 0 Å². The number of thioether (sulfide) groups is 1. The van der Waals surface area contributed by atoms with E-state index in [0.29, 0.717) is 6.42 Å². The second kappa shape index (κ2) is 6.15. The molecule has 1 aliphatic rings. The molecule has 1 aromatic heterocycles. The molecule has 0 amide bonds. The maximum absolute atomic E-state index is 10.6. The van der Waals surface area contributed by atoms with E-state index in [4.69, 9.17) is 5.11 Å². The molecule has 1 aromatic carbocycles. The van der Waals surface area contributed by atoms with Crippen LogP contribution < -0.4 is 0 Å². The van der Waals surface area contributed by atoms with E-state index in [1.807, 2.05) is 42.1 Å². The number of hydrogen-bond donors (Lipinski definition) is 1. The first kappa shape index (κ1) is 14.5. The van der Waals surface area contributed by atoms with Gasteiger partial charge in [0.05, 0.1) is 23.4 Å². The van der Waals surface area contributed by atoms with Crippen LogP contribution in [0.1, 0.15) is 12.0 Å². The third kappa shape index (κ3) is 2.94. The van der Waals surface area contributed by atoms with Crippen LogP contribution in [0.25, 0.3) is 11.3 Å². The zero-order valence-electron chi connectivity index (χ0n) is 11.9. The number of carboxylic acids is 1. The van der Waals surface area contributed by atoms with E-state index in [9.17, 15) is 4.79 Å². The van der Waals surface area contributed by atoms with Gasteiger partial charge in [-0.15, -0.1) is 5.10 Å². The van der Waals surface area contributed by atoms with Crippen molar-refractivity contribution in [2.45, 2.75) is 6.42 Å². The van der Waals surface area contributed by atoms with Crippen LogP contribution in [-0.2, 0) is 11.8 Å². The van der Waals surface area contributed by atoms with E-state index in [2.05, 4.69) is 15.3 Å². The first-order valence-corrected chi connectivity index (χ1v) is 7.69. The predicted molar refractivity (Wildman–Crippen MR) is 87.3 cm³/mol. The fraction of sp³-hybridized carbons (Fsp3) is 0.200. The fourth-order valence-electron chi connectivity index (χ4n) is 2.29. The van der Waals surface area contributed by atoms with Gasteiger partial charge in [0.15, 0.2) is 0 Å². The Morgan fingerprint density at radius 1 is 1.32 bits per heavy atom. The van der Waals surface area contributed by atoms with E-state index in [1.165, 1.54) is 11.8 Å². The zero-order chi connectivity index (χ0) is 15.5. The number of benzene rings is 1. The lowest BCUT2D eigenvalue weighted by molar-refractivity contribution is -0.133. The molecule has 0 saturated carbocycles. The molecule has 0 radical (unpaired) electrons. The number of aliphatic carboxylic acids is 1. The Bertz CT molecular complexity index is 765. The van der Waals surface area contributed by atoms with Crippen molar-refractivity contribution < 1.29 is 9.90 Å². The van der Waals surface area contributed by atoms with Crippen LogP contribution in [0.15, 0.2) is 46.7 Å². The van der Waals surface area contributed by atoms with Gasteiger partial charge < -0.3 is 5.11 Å². The zero-order valence-corrected chi connectivity index (χ0v) is 12.7. The molecule has 0 bridgehead atoms. The lowest BCUT2D eigenvalue weighted by atomic mass is 10.0. The Morgan fingerprint density at radius 2 is 2.09 bits per heavy atom. The maximum Gasteiger partial charge on any atom is 0.313 e. The monoisotopic (exact) mass is 314 g/mol. The topological polar surface area (TPSA) is 79.8 Å². The third-order valence-corrected chi connectivity index (χ3v) is 4.21. The second-order valence-electron chi connectivity index (χ2n) is 4.80. The van der Waals surface area contributed by atoms with Gasteiger partial charge in [-0.05, 0) is 0 Å². The normalized spacial score (nSPS) is 13.9. The van der Waals surface area contributed by atoms with Crippen molar-refractivity contribution in [3.63, 3.8) is 0 Å². The summed E-state index contributed by atoms with van der Waals surface area (Å²) in [5, 5.41) is 22.0. The predicted octanol–water partition coefficient (Wildman–Crippen LogP) is 2.41. The summed E-state index contributed by atoms with van der Waals surface area (Å²) in [5.74, 6) is -0.854. The van der Waals surface area contributed by atoms with Crippen LogP contribution in [0.4, 0.5) is 0 Å². The van der Waals surface area contributed by atoms with Crippen LogP contribution in [-0.4, -0.2) is 37.4 Å². The van der Waals surface area contributed by atoms with Crippen molar-refractivity contribution >= 4 is 28.5 Å². The Kier molecular flexibility index (Phi) is 4.06. The number of carbonyl (C=O) groups is 1. The quantitative estimate of drug-likeness (QED) is 0.940. The molecular formula is C15H14N4O2S. The van der Waals surface area contributed by atoms with Gasteiger partial charge in [0, 0.05) is 24.6 Å². The molecule has 2 aromatic rings. The second-order valence-corrected chi connectivity index (χ2v) is 5.84. The molecule has 2 heterocycles. The van der Waals surface area contributed by atoms with E-state index in [-0.39, 0.29) is 5.75 Å². The molecule has 1 N–H and O–H groups in total. The standard InChI is InChI=1S/C15H14N4O2S/c1-19-15(10-5-3-2-4-6-10)11(8-16-19)12-7-13(18-17-12)22-9-14(20)21/h2-6,8H,7,9H2,1H3,(H,20,21). The van der Waals surface area contributed by atoms with Crippen LogP contribution >= 0.6 is 11.8 Å². The number of hydrogen-bond acceptors (Lipinski definition) is 5. The largest absolute Gasteiger partial charge is 0.481 e. The van der Waals surface area contributed by atoms with E-state index >= 15 is 0 Å². The number of rotatable bonds is 4. The van der Waals surface area contributed by atoms with Gasteiger partial charge in [-0.25, -0.2) is 0 Å². The first-order chi connectivity index (χ1) is 10.6. The van der Waals surface area contributed by atoms with Gasteiger partial charge in [-0.2, -0.15) is 10.2 Å². The van der Waals surface area contributed by atoms with Crippen molar-refractivity contribution in [2.24, 2.45) is 17.3 Å². The molecule has 0 saturated heterocycles. The van der Waals surface area contributed by atoms with Gasteiger partial charge >= 0.3 is 5.97 Å². The summed E-state index contributed by atoms with van der Waals surface area (Å²) in [6.07, 6.45) is 2.32. The minimum absolute atomic E-state index is 0.000214. The molecule has 0 atom stereocenters. The number of carboxylic acid groups (broad SMARTS) is 1. The lowest BCUT2D eigenvalue weighted by Crippen LogP contribution is -2.06. The van der Waals surface area contributed by atoms with Gasteiger partial charge in [0.1, 0.15) is 5.04 Å². The van der Waals surface area contributed by atoms with Crippen molar-refractivity contribution in [1.29, 1.82) is 0 Å². The molecule has 0 spiro atoms. The molecule has 0 fully saturated rings. The Morgan fingerprint density at radius 3 is 2.82 bits per heavy atom. The maximum atomic E-state index is 10.6. The summed E-state index contributed by atoms with van der Waals surface area (Å²) in [7, 11) is 1.89. The summed E-state index contributed by atoms with van der Waals surface area (Å²) in [5.41, 5.74) is 3.80. The first-order valence-electron chi connectivity index (χ1n) is 6.71. The van der Waals surface area contributed by atoms with Crippen LogP contribution in [0.5, 0.6) is 0 Å². The molecule has 0 unspecified atom stereocenters. The molecule has 112 valence electrons. The fourth-order valence-corrected chi connectivity index (χ4v) is 2.92. The van der Waals surface area contributed by atoms with Crippen molar-refractivity contribution in [3.05, 3.63) is 42.1 Å². The summed E-state index contributed by atoms with van der Waals surface area (Å²) < 4.78 is 1.82. The number of aromatic nitrogens is 2. The highest BCUT2D eigenvalue weighted by Crippen LogP contribution is 2.27. The summed E-state index contributed by atoms with van der Waals surface area (Å²) in [4.78, 5) is 10.6. The van der Waals surface area contributed by atoms with Gasteiger partial charge in [0.2, 0.25) is 0 Å². The third-order valence-electron chi connectivity index (χ3n) is 3.26. The average molecular weight is 314 g/mol. The van der Waals surface area contributed by atoms with Crippen molar-refractivity contribution in [2.75, 3.05) is 5.75 Å².